The van der Waals surface area contributed by atoms with Gasteiger partial charge in [0.2, 0.25) is 5.91 Å². The number of alkyl halides is 1. The van der Waals surface area contributed by atoms with Crippen LogP contribution in [-0.2, 0) is 11.3 Å². The first-order valence-electron chi connectivity index (χ1n) is 5.74. The quantitative estimate of drug-likeness (QED) is 0.876. The zero-order valence-corrected chi connectivity index (χ0v) is 11.1. The van der Waals surface area contributed by atoms with Gasteiger partial charge in [-0.2, -0.15) is 5.10 Å². The number of hydrogen-bond acceptors (Lipinski definition) is 2. The number of hydrogen-bond donors (Lipinski definition) is 1. The topological polar surface area (TPSA) is 46.9 Å². The minimum absolute atomic E-state index is 0.126. The van der Waals surface area contributed by atoms with E-state index in [2.05, 4.69) is 10.4 Å². The average molecular weight is 282 g/mol. The molecule has 100 valence electrons. The summed E-state index contributed by atoms with van der Waals surface area (Å²) in [6.07, 6.45) is 0. The highest BCUT2D eigenvalue weighted by atomic mass is 35.5. The number of rotatable bonds is 4. The Bertz CT molecular complexity index is 597. The van der Waals surface area contributed by atoms with Crippen molar-refractivity contribution in [2.45, 2.75) is 13.5 Å². The van der Waals surface area contributed by atoms with Gasteiger partial charge in [-0.1, -0.05) is 18.2 Å². The number of halogens is 2. The van der Waals surface area contributed by atoms with Crippen LogP contribution in [0.1, 0.15) is 11.3 Å². The third-order valence-corrected chi connectivity index (χ3v) is 2.89. The monoisotopic (exact) mass is 281 g/mol. The van der Waals surface area contributed by atoms with Gasteiger partial charge in [0.1, 0.15) is 11.7 Å². The Kier molecular flexibility index (Phi) is 4.16. The molecule has 1 heterocycles. The van der Waals surface area contributed by atoms with E-state index in [-0.39, 0.29) is 17.6 Å². The molecule has 0 unspecified atom stereocenters. The molecule has 19 heavy (non-hydrogen) atoms. The highest BCUT2D eigenvalue weighted by molar-refractivity contribution is 6.28. The molecule has 2 aromatic rings. The van der Waals surface area contributed by atoms with Crippen LogP contribution in [0.15, 0.2) is 30.3 Å². The molecule has 0 saturated heterocycles. The summed E-state index contributed by atoms with van der Waals surface area (Å²) < 4.78 is 15.2. The first-order chi connectivity index (χ1) is 9.10. The number of amides is 1. The first kappa shape index (κ1) is 13.5. The predicted molar refractivity (Wildman–Crippen MR) is 71.8 cm³/mol. The minimum Gasteiger partial charge on any atom is -0.308 e. The minimum atomic E-state index is -0.322. The van der Waals surface area contributed by atoms with Gasteiger partial charge in [0, 0.05) is 17.3 Å². The van der Waals surface area contributed by atoms with Crippen LogP contribution in [0.4, 0.5) is 10.2 Å². The van der Waals surface area contributed by atoms with E-state index in [9.17, 15) is 9.18 Å². The fourth-order valence-corrected chi connectivity index (χ4v) is 1.76. The van der Waals surface area contributed by atoms with Gasteiger partial charge >= 0.3 is 0 Å². The molecule has 1 amide bonds. The molecule has 0 atom stereocenters. The molecular weight excluding hydrogens is 269 g/mol. The van der Waals surface area contributed by atoms with Crippen molar-refractivity contribution in [2.24, 2.45) is 0 Å². The van der Waals surface area contributed by atoms with Crippen LogP contribution in [0, 0.1) is 12.7 Å². The summed E-state index contributed by atoms with van der Waals surface area (Å²) in [4.78, 5) is 11.2. The number of aromatic nitrogens is 2. The smallest absolute Gasteiger partial charge is 0.240 e. The molecule has 0 fully saturated rings. The second-order valence-electron chi connectivity index (χ2n) is 4.10. The van der Waals surface area contributed by atoms with Gasteiger partial charge in [0.15, 0.2) is 5.82 Å². The molecule has 0 bridgehead atoms. The summed E-state index contributed by atoms with van der Waals surface area (Å²) in [5.74, 6) is -0.306. The normalized spacial score (nSPS) is 10.5. The van der Waals surface area contributed by atoms with Gasteiger partial charge in [0.25, 0.3) is 0 Å². The van der Waals surface area contributed by atoms with Crippen molar-refractivity contribution in [1.29, 1.82) is 0 Å². The van der Waals surface area contributed by atoms with Crippen LogP contribution in [-0.4, -0.2) is 21.6 Å². The maximum absolute atomic E-state index is 13.6. The highest BCUT2D eigenvalue weighted by Gasteiger charge is 2.09. The molecular formula is C13H13ClFN3O. The molecule has 0 aliphatic carbocycles. The van der Waals surface area contributed by atoms with Crippen molar-refractivity contribution in [3.63, 3.8) is 0 Å². The third-order valence-electron chi connectivity index (χ3n) is 2.65. The van der Waals surface area contributed by atoms with Crippen molar-refractivity contribution in [3.8, 4) is 0 Å². The molecule has 0 aliphatic heterocycles. The fraction of sp³-hybridized carbons (Fsp3) is 0.231. The molecule has 6 heteroatoms. The standard InChI is InChI=1S/C13H13ClFN3O/c1-9-6-12(16-13(19)7-14)17-18(9)8-10-4-2-3-5-11(10)15/h2-6H,7-8H2,1H3,(H,16,17,19). The fourth-order valence-electron chi connectivity index (χ4n) is 1.70. The zero-order chi connectivity index (χ0) is 13.8. The molecule has 2 rings (SSSR count). The van der Waals surface area contributed by atoms with Gasteiger partial charge in [-0.15, -0.1) is 11.6 Å². The Hall–Kier alpha value is -1.88. The third kappa shape index (κ3) is 3.32. The van der Waals surface area contributed by atoms with Crippen LogP contribution in [0.3, 0.4) is 0 Å². The second-order valence-corrected chi connectivity index (χ2v) is 4.37. The largest absolute Gasteiger partial charge is 0.308 e. The molecule has 1 aromatic carbocycles. The number of carbonyl (C=O) groups excluding carboxylic acids is 1. The van der Waals surface area contributed by atoms with Crippen LogP contribution in [0.2, 0.25) is 0 Å². The summed E-state index contributed by atoms with van der Waals surface area (Å²) in [7, 11) is 0. The van der Waals surface area contributed by atoms with Gasteiger partial charge in [-0.25, -0.2) is 4.39 Å². The van der Waals surface area contributed by atoms with Crippen LogP contribution < -0.4 is 5.32 Å². The molecule has 0 saturated carbocycles. The zero-order valence-electron chi connectivity index (χ0n) is 10.4. The summed E-state index contributed by atoms with van der Waals surface area (Å²) in [6, 6.07) is 8.23. The molecule has 0 aliphatic rings. The maximum Gasteiger partial charge on any atom is 0.240 e. The van der Waals surface area contributed by atoms with Crippen molar-refractivity contribution in [2.75, 3.05) is 11.2 Å². The van der Waals surface area contributed by atoms with E-state index in [0.29, 0.717) is 17.9 Å². The van der Waals surface area contributed by atoms with E-state index in [1.54, 1.807) is 28.9 Å². The highest BCUT2D eigenvalue weighted by Crippen LogP contribution is 2.13. The Morgan fingerprint density at radius 1 is 1.47 bits per heavy atom. The Balaban J connectivity index is 2.17. The van der Waals surface area contributed by atoms with E-state index in [0.717, 1.165) is 5.69 Å². The van der Waals surface area contributed by atoms with Crippen molar-refractivity contribution in [3.05, 3.63) is 47.4 Å². The number of benzene rings is 1. The SMILES string of the molecule is Cc1cc(NC(=O)CCl)nn1Cc1ccccc1F. The van der Waals surface area contributed by atoms with Crippen molar-refractivity contribution < 1.29 is 9.18 Å². The number of nitrogens with one attached hydrogen (secondary N) is 1. The van der Waals surface area contributed by atoms with Crippen LogP contribution in [0.25, 0.3) is 0 Å². The first-order valence-corrected chi connectivity index (χ1v) is 6.27. The van der Waals surface area contributed by atoms with E-state index in [1.807, 2.05) is 6.92 Å². The van der Waals surface area contributed by atoms with Gasteiger partial charge in [-0.3, -0.25) is 9.48 Å². The number of carbonyl (C=O) groups is 1. The van der Waals surface area contributed by atoms with Gasteiger partial charge < -0.3 is 5.32 Å². The number of nitrogens with zero attached hydrogens (tertiary/aromatic N) is 2. The molecule has 4 nitrogen and oxygen atoms in total. The Labute approximate surface area is 115 Å². The Morgan fingerprint density at radius 2 is 2.21 bits per heavy atom. The summed E-state index contributed by atoms with van der Waals surface area (Å²) >= 11 is 5.40. The lowest BCUT2D eigenvalue weighted by Crippen LogP contribution is -2.13. The van der Waals surface area contributed by atoms with E-state index >= 15 is 0 Å². The lowest BCUT2D eigenvalue weighted by atomic mass is 10.2. The predicted octanol–water partition coefficient (Wildman–Crippen LogP) is 2.56. The van der Waals surface area contributed by atoms with E-state index < -0.39 is 0 Å². The average Bonchev–Trinajstić information content (AvgIpc) is 2.72. The van der Waals surface area contributed by atoms with Gasteiger partial charge in [0.05, 0.1) is 6.54 Å². The molecule has 1 aromatic heterocycles. The molecule has 0 radical (unpaired) electrons. The summed E-state index contributed by atoms with van der Waals surface area (Å²) in [5.41, 5.74) is 1.37. The summed E-state index contributed by atoms with van der Waals surface area (Å²) in [6.45, 7) is 2.15. The number of anilines is 1. The molecule has 1 N–H and O–H groups in total. The van der Waals surface area contributed by atoms with E-state index in [4.69, 9.17) is 11.6 Å². The number of aryl methyl sites for hydroxylation is 1. The van der Waals surface area contributed by atoms with Crippen molar-refractivity contribution >= 4 is 23.3 Å². The maximum atomic E-state index is 13.6. The van der Waals surface area contributed by atoms with Gasteiger partial charge in [-0.05, 0) is 13.0 Å². The van der Waals surface area contributed by atoms with Crippen LogP contribution in [0.5, 0.6) is 0 Å². The summed E-state index contributed by atoms with van der Waals surface area (Å²) in [5, 5.41) is 6.75. The van der Waals surface area contributed by atoms with Crippen LogP contribution >= 0.6 is 11.6 Å². The lowest BCUT2D eigenvalue weighted by molar-refractivity contribution is -0.113. The second kappa shape index (κ2) is 5.84. The Morgan fingerprint density at radius 3 is 2.89 bits per heavy atom. The van der Waals surface area contributed by atoms with Crippen molar-refractivity contribution in [1.82, 2.24) is 9.78 Å². The molecule has 0 spiro atoms. The lowest BCUT2D eigenvalue weighted by Gasteiger charge is -2.05. The van der Waals surface area contributed by atoms with E-state index in [1.165, 1.54) is 6.07 Å².